The van der Waals surface area contributed by atoms with E-state index >= 15 is 0 Å². The standard InChI is InChI=1S/C10H9ClFNO/c11-6-1-4-9(12)8(5-6)10(14)13-7-2-3-7/h1,4-5,7H,2-3H2,(H,13,14). The Kier molecular flexibility index (Phi) is 2.42. The molecule has 4 heteroatoms. The van der Waals surface area contributed by atoms with Crippen LogP contribution in [0.25, 0.3) is 0 Å². The van der Waals surface area contributed by atoms with E-state index in [0.29, 0.717) is 5.02 Å². The van der Waals surface area contributed by atoms with Gasteiger partial charge in [0, 0.05) is 11.1 Å². The summed E-state index contributed by atoms with van der Waals surface area (Å²) in [6, 6.07) is 4.18. The zero-order valence-electron chi connectivity index (χ0n) is 7.39. The average molecular weight is 214 g/mol. The number of amides is 1. The summed E-state index contributed by atoms with van der Waals surface area (Å²) in [6.45, 7) is 0. The Hall–Kier alpha value is -1.09. The van der Waals surface area contributed by atoms with Crippen molar-refractivity contribution >= 4 is 17.5 Å². The SMILES string of the molecule is O=C(NC1CC1)c1cc(Cl)ccc1F. The highest BCUT2D eigenvalue weighted by Crippen LogP contribution is 2.21. The minimum absolute atomic E-state index is 0.0180. The van der Waals surface area contributed by atoms with E-state index in [1.807, 2.05) is 0 Å². The Balaban J connectivity index is 2.20. The maximum absolute atomic E-state index is 13.2. The van der Waals surface area contributed by atoms with Gasteiger partial charge in [0.15, 0.2) is 0 Å². The molecular weight excluding hydrogens is 205 g/mol. The van der Waals surface area contributed by atoms with Crippen molar-refractivity contribution in [3.63, 3.8) is 0 Å². The van der Waals surface area contributed by atoms with Crippen LogP contribution in [-0.2, 0) is 0 Å². The Morgan fingerprint density at radius 2 is 2.21 bits per heavy atom. The van der Waals surface area contributed by atoms with Gasteiger partial charge in [-0.2, -0.15) is 0 Å². The van der Waals surface area contributed by atoms with Crippen LogP contribution in [-0.4, -0.2) is 11.9 Å². The fourth-order valence-corrected chi connectivity index (χ4v) is 1.33. The van der Waals surface area contributed by atoms with Gasteiger partial charge in [0.1, 0.15) is 5.82 Å². The highest BCUT2D eigenvalue weighted by atomic mass is 35.5. The number of hydrogen-bond donors (Lipinski definition) is 1. The molecule has 0 atom stereocenters. The van der Waals surface area contributed by atoms with Gasteiger partial charge in [-0.3, -0.25) is 4.79 Å². The molecule has 2 rings (SSSR count). The molecule has 0 spiro atoms. The molecule has 1 aromatic rings. The summed E-state index contributed by atoms with van der Waals surface area (Å²) in [5.41, 5.74) is 0.0180. The van der Waals surface area contributed by atoms with Crippen LogP contribution in [0, 0.1) is 5.82 Å². The lowest BCUT2D eigenvalue weighted by Crippen LogP contribution is -2.26. The predicted molar refractivity (Wildman–Crippen MR) is 51.9 cm³/mol. The molecule has 74 valence electrons. The Bertz CT molecular complexity index is 376. The molecule has 0 radical (unpaired) electrons. The smallest absolute Gasteiger partial charge is 0.254 e. The lowest BCUT2D eigenvalue weighted by Gasteiger charge is -2.04. The average Bonchev–Trinajstić information content (AvgIpc) is 2.93. The van der Waals surface area contributed by atoms with Gasteiger partial charge < -0.3 is 5.32 Å². The van der Waals surface area contributed by atoms with Crippen LogP contribution in [0.2, 0.25) is 5.02 Å². The van der Waals surface area contributed by atoms with Crippen molar-refractivity contribution in [2.75, 3.05) is 0 Å². The number of halogens is 2. The number of carbonyl (C=O) groups is 1. The molecule has 0 bridgehead atoms. The number of carbonyl (C=O) groups excluding carboxylic acids is 1. The molecule has 1 aromatic carbocycles. The normalized spacial score (nSPS) is 15.3. The first kappa shape index (κ1) is 9.46. The summed E-state index contributed by atoms with van der Waals surface area (Å²) in [4.78, 5) is 11.5. The van der Waals surface area contributed by atoms with Crippen molar-refractivity contribution in [2.45, 2.75) is 18.9 Å². The Morgan fingerprint density at radius 3 is 2.86 bits per heavy atom. The second-order valence-corrected chi connectivity index (χ2v) is 3.81. The first-order valence-electron chi connectivity index (χ1n) is 4.43. The van der Waals surface area contributed by atoms with Crippen molar-refractivity contribution in [1.29, 1.82) is 0 Å². The lowest BCUT2D eigenvalue weighted by atomic mass is 10.2. The summed E-state index contributed by atoms with van der Waals surface area (Å²) >= 11 is 5.67. The van der Waals surface area contributed by atoms with Crippen molar-refractivity contribution in [3.05, 3.63) is 34.6 Å². The first-order chi connectivity index (χ1) is 6.66. The molecule has 1 amide bonds. The van der Waals surface area contributed by atoms with Crippen LogP contribution < -0.4 is 5.32 Å². The molecule has 1 aliphatic rings. The summed E-state index contributed by atoms with van der Waals surface area (Å²) in [7, 11) is 0. The van der Waals surface area contributed by atoms with Crippen molar-refractivity contribution in [2.24, 2.45) is 0 Å². The summed E-state index contributed by atoms with van der Waals surface area (Å²) in [6.07, 6.45) is 1.96. The number of rotatable bonds is 2. The largest absolute Gasteiger partial charge is 0.349 e. The molecule has 0 aliphatic heterocycles. The van der Waals surface area contributed by atoms with Gasteiger partial charge in [-0.05, 0) is 31.0 Å². The number of hydrogen-bond acceptors (Lipinski definition) is 1. The lowest BCUT2D eigenvalue weighted by molar-refractivity contribution is 0.0947. The third kappa shape index (κ3) is 2.04. The minimum Gasteiger partial charge on any atom is -0.349 e. The van der Waals surface area contributed by atoms with Gasteiger partial charge in [-0.1, -0.05) is 11.6 Å². The van der Waals surface area contributed by atoms with Crippen LogP contribution in [0.5, 0.6) is 0 Å². The maximum Gasteiger partial charge on any atom is 0.254 e. The molecule has 0 heterocycles. The topological polar surface area (TPSA) is 29.1 Å². The predicted octanol–water partition coefficient (Wildman–Crippen LogP) is 2.37. The van der Waals surface area contributed by atoms with Gasteiger partial charge >= 0.3 is 0 Å². The fourth-order valence-electron chi connectivity index (χ4n) is 1.16. The van der Waals surface area contributed by atoms with E-state index in [2.05, 4.69) is 5.32 Å². The summed E-state index contributed by atoms with van der Waals surface area (Å²) < 4.78 is 13.2. The van der Waals surface area contributed by atoms with Crippen LogP contribution in [0.3, 0.4) is 0 Å². The van der Waals surface area contributed by atoms with Gasteiger partial charge in [-0.25, -0.2) is 4.39 Å². The third-order valence-corrected chi connectivity index (χ3v) is 2.32. The van der Waals surface area contributed by atoms with Crippen LogP contribution in [0.1, 0.15) is 23.2 Å². The number of benzene rings is 1. The van der Waals surface area contributed by atoms with Crippen LogP contribution in [0.15, 0.2) is 18.2 Å². The molecular formula is C10H9ClFNO. The molecule has 1 saturated carbocycles. The Morgan fingerprint density at radius 1 is 1.50 bits per heavy atom. The zero-order chi connectivity index (χ0) is 10.1. The quantitative estimate of drug-likeness (QED) is 0.803. The molecule has 14 heavy (non-hydrogen) atoms. The highest BCUT2D eigenvalue weighted by Gasteiger charge is 2.24. The second-order valence-electron chi connectivity index (χ2n) is 3.37. The van der Waals surface area contributed by atoms with E-state index < -0.39 is 5.82 Å². The molecule has 0 saturated heterocycles. The molecule has 0 unspecified atom stereocenters. The highest BCUT2D eigenvalue weighted by molar-refractivity contribution is 6.31. The van der Waals surface area contributed by atoms with Gasteiger partial charge in [0.05, 0.1) is 5.56 Å². The van der Waals surface area contributed by atoms with Crippen molar-refractivity contribution in [3.8, 4) is 0 Å². The second kappa shape index (κ2) is 3.58. The van der Waals surface area contributed by atoms with E-state index in [4.69, 9.17) is 11.6 Å². The van der Waals surface area contributed by atoms with Crippen molar-refractivity contribution < 1.29 is 9.18 Å². The summed E-state index contributed by atoms with van der Waals surface area (Å²) in [5.74, 6) is -0.917. The first-order valence-corrected chi connectivity index (χ1v) is 4.80. The van der Waals surface area contributed by atoms with Gasteiger partial charge in [0.25, 0.3) is 5.91 Å². The minimum atomic E-state index is -0.535. The van der Waals surface area contributed by atoms with Gasteiger partial charge in [0.2, 0.25) is 0 Å². The third-order valence-electron chi connectivity index (χ3n) is 2.09. The molecule has 0 aromatic heterocycles. The molecule has 1 aliphatic carbocycles. The van der Waals surface area contributed by atoms with Crippen LogP contribution in [0.4, 0.5) is 4.39 Å². The van der Waals surface area contributed by atoms with Gasteiger partial charge in [-0.15, -0.1) is 0 Å². The summed E-state index contributed by atoms with van der Waals surface area (Å²) in [5, 5.41) is 3.07. The van der Waals surface area contributed by atoms with Crippen LogP contribution >= 0.6 is 11.6 Å². The van der Waals surface area contributed by atoms with E-state index in [-0.39, 0.29) is 17.5 Å². The molecule has 2 nitrogen and oxygen atoms in total. The maximum atomic E-state index is 13.2. The van der Waals surface area contributed by atoms with Crippen molar-refractivity contribution in [1.82, 2.24) is 5.32 Å². The molecule has 1 N–H and O–H groups in total. The number of nitrogens with one attached hydrogen (secondary N) is 1. The fraction of sp³-hybridized carbons (Fsp3) is 0.300. The van der Waals surface area contributed by atoms with E-state index in [9.17, 15) is 9.18 Å². The van der Waals surface area contributed by atoms with E-state index in [0.717, 1.165) is 12.8 Å². The van der Waals surface area contributed by atoms with E-state index in [1.54, 1.807) is 0 Å². The monoisotopic (exact) mass is 213 g/mol. The van der Waals surface area contributed by atoms with E-state index in [1.165, 1.54) is 18.2 Å². The zero-order valence-corrected chi connectivity index (χ0v) is 8.14. The molecule has 1 fully saturated rings. The Labute approximate surface area is 86.1 Å².